The highest BCUT2D eigenvalue weighted by Gasteiger charge is 2.20. The van der Waals surface area contributed by atoms with E-state index in [-0.39, 0.29) is 11.2 Å². The maximum absolute atomic E-state index is 12.4. The van der Waals surface area contributed by atoms with Gasteiger partial charge in [0.15, 0.2) is 0 Å². The van der Waals surface area contributed by atoms with Crippen LogP contribution in [0.2, 0.25) is 0 Å². The Balaban J connectivity index is 1.63. The van der Waals surface area contributed by atoms with Crippen LogP contribution in [0.5, 0.6) is 0 Å². The largest absolute Gasteiger partial charge is 0.351 e. The predicted octanol–water partition coefficient (Wildman–Crippen LogP) is 1.90. The van der Waals surface area contributed by atoms with Crippen molar-refractivity contribution in [3.63, 3.8) is 0 Å². The number of hydrogen-bond acceptors (Lipinski definition) is 6. The Hall–Kier alpha value is -2.81. The van der Waals surface area contributed by atoms with Crippen LogP contribution < -0.4 is 11.2 Å². The molecule has 0 aliphatic heterocycles. The summed E-state index contributed by atoms with van der Waals surface area (Å²) in [5, 5.41) is 15.6. The third kappa shape index (κ3) is 4.30. The normalized spacial score (nSPS) is 12.1. The lowest BCUT2D eigenvalue weighted by Crippen LogP contribution is -2.31. The van der Waals surface area contributed by atoms with Crippen LogP contribution in [0, 0.1) is 20.8 Å². The number of thioether (sulfide) groups is 1. The van der Waals surface area contributed by atoms with Gasteiger partial charge < -0.3 is 11.2 Å². The minimum absolute atomic E-state index is 0.0868. The number of benzene rings is 1. The lowest BCUT2D eigenvalue weighted by Gasteiger charge is -2.12. The number of amides is 1. The van der Waals surface area contributed by atoms with Crippen LogP contribution in [0.1, 0.15) is 29.4 Å². The molecule has 8 nitrogen and oxygen atoms in total. The number of hydrogen-bond donors (Lipinski definition) is 2. The second-order valence-corrected chi connectivity index (χ2v) is 7.76. The van der Waals surface area contributed by atoms with Crippen molar-refractivity contribution in [3.8, 4) is 5.95 Å². The van der Waals surface area contributed by atoms with E-state index in [1.165, 1.54) is 22.0 Å². The summed E-state index contributed by atoms with van der Waals surface area (Å²) in [5.41, 5.74) is 4.02. The van der Waals surface area contributed by atoms with Crippen molar-refractivity contribution in [2.24, 2.45) is 0 Å². The highest BCUT2D eigenvalue weighted by atomic mass is 32.2. The molecule has 0 radical (unpaired) electrons. The van der Waals surface area contributed by atoms with E-state index < -0.39 is 0 Å². The summed E-state index contributed by atoms with van der Waals surface area (Å²) in [7, 11) is 0. The Labute approximate surface area is 162 Å². The number of aromatic nitrogens is 5. The number of nitrogen functional groups attached to an aromatic ring is 1. The summed E-state index contributed by atoms with van der Waals surface area (Å²) in [6.07, 6.45) is 0. The van der Waals surface area contributed by atoms with Gasteiger partial charge in [0.05, 0.1) is 10.9 Å². The zero-order valence-electron chi connectivity index (χ0n) is 15.8. The molecule has 1 aromatic carbocycles. The van der Waals surface area contributed by atoms with Crippen LogP contribution in [-0.2, 0) is 11.3 Å². The fraction of sp³-hybridized carbons (Fsp3) is 0.333. The molecule has 0 aliphatic carbocycles. The molecule has 3 N–H and O–H groups in total. The zero-order valence-corrected chi connectivity index (χ0v) is 16.6. The molecule has 0 aliphatic rings. The molecule has 9 heteroatoms. The molecular formula is C18H23N7OS. The molecule has 0 spiro atoms. The molecule has 0 bridgehead atoms. The quantitative estimate of drug-likeness (QED) is 0.496. The Kier molecular flexibility index (Phi) is 5.50. The number of carbonyl (C=O) groups excluding carboxylic acids is 1. The van der Waals surface area contributed by atoms with E-state index >= 15 is 0 Å². The number of carbonyl (C=O) groups is 1. The fourth-order valence-electron chi connectivity index (χ4n) is 2.58. The molecular weight excluding hydrogens is 362 g/mol. The molecule has 0 unspecified atom stereocenters. The maximum Gasteiger partial charge on any atom is 0.271 e. The first-order valence-corrected chi connectivity index (χ1v) is 9.47. The summed E-state index contributed by atoms with van der Waals surface area (Å²) < 4.78 is 2.99. The zero-order chi connectivity index (χ0) is 19.6. The van der Waals surface area contributed by atoms with Gasteiger partial charge in [-0.1, -0.05) is 41.6 Å². The van der Waals surface area contributed by atoms with Crippen LogP contribution in [0.15, 0.2) is 35.5 Å². The molecule has 3 aromatic rings. The topological polar surface area (TPSA) is 104 Å². The van der Waals surface area contributed by atoms with E-state index in [9.17, 15) is 4.79 Å². The number of nitrogens with two attached hydrogens (primary N) is 1. The van der Waals surface area contributed by atoms with Crippen molar-refractivity contribution in [2.75, 3.05) is 5.84 Å². The van der Waals surface area contributed by atoms with E-state index in [0.29, 0.717) is 17.6 Å². The van der Waals surface area contributed by atoms with Crippen LogP contribution in [0.25, 0.3) is 5.95 Å². The first-order valence-electron chi connectivity index (χ1n) is 8.59. The lowest BCUT2D eigenvalue weighted by atomic mass is 10.1. The minimum Gasteiger partial charge on any atom is -0.351 e. The van der Waals surface area contributed by atoms with Crippen molar-refractivity contribution in [2.45, 2.75) is 44.6 Å². The highest BCUT2D eigenvalue weighted by Crippen LogP contribution is 2.22. The second kappa shape index (κ2) is 7.83. The smallest absolute Gasteiger partial charge is 0.271 e. The number of nitrogens with zero attached hydrogens (tertiary/aromatic N) is 5. The van der Waals surface area contributed by atoms with E-state index in [4.69, 9.17) is 5.84 Å². The monoisotopic (exact) mass is 385 g/mol. The summed E-state index contributed by atoms with van der Waals surface area (Å²) in [6.45, 7) is 8.15. The van der Waals surface area contributed by atoms with E-state index in [2.05, 4.69) is 20.6 Å². The van der Waals surface area contributed by atoms with Gasteiger partial charge in [-0.3, -0.25) is 4.79 Å². The van der Waals surface area contributed by atoms with Crippen molar-refractivity contribution >= 4 is 17.7 Å². The Morgan fingerprint density at radius 1 is 1.22 bits per heavy atom. The highest BCUT2D eigenvalue weighted by molar-refractivity contribution is 8.00. The second-order valence-electron chi connectivity index (χ2n) is 6.45. The van der Waals surface area contributed by atoms with Gasteiger partial charge in [-0.05, 0) is 39.3 Å². The molecule has 27 heavy (non-hydrogen) atoms. The minimum atomic E-state index is -0.366. The summed E-state index contributed by atoms with van der Waals surface area (Å²) in [4.78, 5) is 12.4. The Bertz CT molecular complexity index is 945. The first-order chi connectivity index (χ1) is 12.8. The van der Waals surface area contributed by atoms with Gasteiger partial charge in [0, 0.05) is 12.2 Å². The summed E-state index contributed by atoms with van der Waals surface area (Å²) in [5.74, 6) is 6.44. The lowest BCUT2D eigenvalue weighted by molar-refractivity contribution is -0.120. The van der Waals surface area contributed by atoms with Gasteiger partial charge in [0.2, 0.25) is 11.1 Å². The number of rotatable bonds is 6. The van der Waals surface area contributed by atoms with Gasteiger partial charge in [-0.2, -0.15) is 5.10 Å². The van der Waals surface area contributed by atoms with Gasteiger partial charge in [0.1, 0.15) is 0 Å². The van der Waals surface area contributed by atoms with Crippen molar-refractivity contribution in [3.05, 3.63) is 52.8 Å². The van der Waals surface area contributed by atoms with Gasteiger partial charge >= 0.3 is 0 Å². The van der Waals surface area contributed by atoms with E-state index in [0.717, 1.165) is 17.0 Å². The van der Waals surface area contributed by atoms with Crippen molar-refractivity contribution < 1.29 is 4.79 Å². The average molecular weight is 385 g/mol. The number of nitrogens with one attached hydrogen (secondary N) is 1. The van der Waals surface area contributed by atoms with Crippen molar-refractivity contribution in [1.82, 2.24) is 30.0 Å². The molecule has 0 saturated carbocycles. The van der Waals surface area contributed by atoms with E-state index in [1.807, 2.05) is 58.0 Å². The van der Waals surface area contributed by atoms with Crippen LogP contribution in [0.3, 0.4) is 0 Å². The molecule has 0 fully saturated rings. The molecule has 0 saturated heterocycles. The van der Waals surface area contributed by atoms with E-state index in [1.54, 1.807) is 4.68 Å². The van der Waals surface area contributed by atoms with Crippen molar-refractivity contribution in [1.29, 1.82) is 0 Å². The maximum atomic E-state index is 12.4. The molecule has 1 amide bonds. The fourth-order valence-corrected chi connectivity index (χ4v) is 3.37. The summed E-state index contributed by atoms with van der Waals surface area (Å²) >= 11 is 1.26. The third-order valence-electron chi connectivity index (χ3n) is 4.08. The Morgan fingerprint density at radius 3 is 2.56 bits per heavy atom. The average Bonchev–Trinajstić information content (AvgIpc) is 3.15. The SMILES string of the molecule is Cc1ccc(CNC(=O)[C@H](C)Sc2nnc(-n3nc(C)cc3C)n2N)cc1. The molecule has 2 heterocycles. The van der Waals surface area contributed by atoms with Crippen LogP contribution >= 0.6 is 11.8 Å². The third-order valence-corrected chi connectivity index (χ3v) is 5.14. The Morgan fingerprint density at radius 2 is 1.93 bits per heavy atom. The van der Waals surface area contributed by atoms with Gasteiger partial charge in [0.25, 0.3) is 5.95 Å². The first kappa shape index (κ1) is 19.0. The molecule has 142 valence electrons. The standard InChI is InChI=1S/C18H23N7OS/c1-11-5-7-15(8-6-11)10-20-16(26)14(4)27-18-22-21-17(24(18)19)25-13(3)9-12(2)23-25/h5-9,14H,10,19H2,1-4H3,(H,20,26)/t14-/m0/s1. The molecule has 3 rings (SSSR count). The van der Waals surface area contributed by atoms with Crippen LogP contribution in [0.4, 0.5) is 0 Å². The van der Waals surface area contributed by atoms with Gasteiger partial charge in [-0.25, -0.2) is 9.36 Å². The predicted molar refractivity (Wildman–Crippen MR) is 105 cm³/mol. The van der Waals surface area contributed by atoms with Crippen LogP contribution in [-0.4, -0.2) is 35.8 Å². The summed E-state index contributed by atoms with van der Waals surface area (Å²) in [6, 6.07) is 9.99. The molecule has 1 atom stereocenters. The number of aryl methyl sites for hydroxylation is 3. The van der Waals surface area contributed by atoms with Gasteiger partial charge in [-0.15, -0.1) is 10.2 Å². The molecule has 2 aromatic heterocycles.